The molecule has 2 N–H and O–H groups in total. The average Bonchev–Trinajstić information content (AvgIpc) is 2.61. The van der Waals surface area contributed by atoms with E-state index >= 15 is 0 Å². The van der Waals surface area contributed by atoms with Crippen molar-refractivity contribution in [3.8, 4) is 5.75 Å². The van der Waals surface area contributed by atoms with Gasteiger partial charge in [-0.3, -0.25) is 9.59 Å². The molecule has 2 aliphatic rings. The van der Waals surface area contributed by atoms with Gasteiger partial charge in [0.25, 0.3) is 5.56 Å². The van der Waals surface area contributed by atoms with E-state index < -0.39 is 11.6 Å². The number of aromatic nitrogens is 2. The van der Waals surface area contributed by atoms with Crippen LogP contribution in [0.3, 0.4) is 0 Å². The van der Waals surface area contributed by atoms with E-state index in [1.807, 2.05) is 37.3 Å². The number of carbonyl (C=O) groups excluding carboxylic acids is 1. The summed E-state index contributed by atoms with van der Waals surface area (Å²) in [7, 11) is 0. The van der Waals surface area contributed by atoms with Crippen LogP contribution in [-0.2, 0) is 4.79 Å². The van der Waals surface area contributed by atoms with Crippen molar-refractivity contribution in [3.63, 3.8) is 0 Å². The maximum atomic E-state index is 12.9. The van der Waals surface area contributed by atoms with Gasteiger partial charge in [-0.15, -0.1) is 0 Å². The lowest BCUT2D eigenvalue weighted by atomic mass is 9.74. The summed E-state index contributed by atoms with van der Waals surface area (Å²) in [6.07, 6.45) is 0.622. The highest BCUT2D eigenvalue weighted by molar-refractivity contribution is 5.87. The summed E-state index contributed by atoms with van der Waals surface area (Å²) in [5.41, 5.74) is 0.587. The largest absolute Gasteiger partial charge is 0.468 e. The number of benzene rings is 2. The first-order valence-corrected chi connectivity index (χ1v) is 8.63. The molecule has 0 spiro atoms. The second kappa shape index (κ2) is 5.17. The van der Waals surface area contributed by atoms with Crippen LogP contribution in [0.1, 0.15) is 36.6 Å². The van der Waals surface area contributed by atoms with Crippen LogP contribution >= 0.6 is 0 Å². The van der Waals surface area contributed by atoms with Gasteiger partial charge < -0.3 is 15.0 Å². The molecule has 26 heavy (non-hydrogen) atoms. The van der Waals surface area contributed by atoms with E-state index in [2.05, 4.69) is 15.3 Å². The van der Waals surface area contributed by atoms with E-state index in [-0.39, 0.29) is 17.4 Å². The van der Waals surface area contributed by atoms with Gasteiger partial charge in [-0.2, -0.15) is 0 Å². The van der Waals surface area contributed by atoms with Crippen molar-refractivity contribution >= 4 is 16.8 Å². The molecule has 1 amide bonds. The monoisotopic (exact) mass is 347 g/mol. The Labute approximate surface area is 149 Å². The number of fused-ring (bicyclic) bond motifs is 5. The topological polar surface area (TPSA) is 84.1 Å². The Morgan fingerprint density at radius 1 is 1.12 bits per heavy atom. The number of carbonyl (C=O) groups is 1. The minimum Gasteiger partial charge on any atom is -0.468 e. The van der Waals surface area contributed by atoms with Crippen molar-refractivity contribution in [1.29, 1.82) is 0 Å². The number of amides is 1. The second-order valence-corrected chi connectivity index (χ2v) is 7.12. The summed E-state index contributed by atoms with van der Waals surface area (Å²) in [4.78, 5) is 32.8. The Morgan fingerprint density at radius 2 is 1.88 bits per heavy atom. The van der Waals surface area contributed by atoms with Crippen molar-refractivity contribution in [1.82, 2.24) is 15.3 Å². The zero-order chi connectivity index (χ0) is 17.9. The summed E-state index contributed by atoms with van der Waals surface area (Å²) in [6, 6.07) is 14.9. The van der Waals surface area contributed by atoms with Crippen LogP contribution in [0.5, 0.6) is 5.75 Å². The molecule has 1 fully saturated rings. The number of nitrogens with zero attached hydrogens (tertiary/aromatic N) is 1. The van der Waals surface area contributed by atoms with Gasteiger partial charge in [0.05, 0.1) is 10.9 Å². The number of H-pyrrole nitrogens is 1. The molecule has 2 aromatic carbocycles. The molecule has 1 saturated heterocycles. The molecule has 3 aromatic rings. The lowest BCUT2D eigenvalue weighted by Gasteiger charge is -2.46. The molecule has 6 heteroatoms. The van der Waals surface area contributed by atoms with Gasteiger partial charge in [0.15, 0.2) is 5.72 Å². The maximum absolute atomic E-state index is 12.9. The molecule has 6 nitrogen and oxygen atoms in total. The fourth-order valence-electron chi connectivity index (χ4n) is 4.16. The van der Waals surface area contributed by atoms with Crippen LogP contribution in [-0.4, -0.2) is 21.6 Å². The molecule has 0 aliphatic carbocycles. The number of rotatable bonds is 1. The lowest BCUT2D eigenvalue weighted by Crippen LogP contribution is -2.60. The first-order chi connectivity index (χ1) is 12.5. The third-order valence-electron chi connectivity index (χ3n) is 5.26. The van der Waals surface area contributed by atoms with Gasteiger partial charge in [0.2, 0.25) is 5.91 Å². The number of nitrogens with one attached hydrogen (secondary N) is 2. The van der Waals surface area contributed by atoms with Crippen LogP contribution in [0.4, 0.5) is 0 Å². The Balaban J connectivity index is 1.70. The predicted octanol–water partition coefficient (Wildman–Crippen LogP) is 2.42. The molecule has 130 valence electrons. The molecule has 2 aliphatic heterocycles. The molecule has 1 aromatic heterocycles. The van der Waals surface area contributed by atoms with E-state index in [9.17, 15) is 9.59 Å². The van der Waals surface area contributed by atoms with Gasteiger partial charge in [-0.25, -0.2) is 4.98 Å². The maximum Gasteiger partial charge on any atom is 0.258 e. The Hall–Kier alpha value is -3.15. The quantitative estimate of drug-likeness (QED) is 0.708. The van der Waals surface area contributed by atoms with Crippen molar-refractivity contribution in [2.45, 2.75) is 30.9 Å². The van der Waals surface area contributed by atoms with Crippen LogP contribution in [0.2, 0.25) is 0 Å². The molecule has 3 heterocycles. The number of para-hydroxylation sites is 2. The molecule has 0 saturated carbocycles. The van der Waals surface area contributed by atoms with E-state index in [0.29, 0.717) is 23.1 Å². The standard InChI is InChI=1S/C20H17N3O3/c1-20-10-13(11-6-3-5-9-15(11)26-20)16(19(25)23-20)17-21-14-8-4-2-7-12(14)18(24)22-17/h2-9,13,16H,10H2,1H3,(H,23,25)(H,21,22,24)/t13-,16+,20-/m0/s1. The molecule has 0 unspecified atom stereocenters. The Morgan fingerprint density at radius 3 is 2.77 bits per heavy atom. The number of aromatic amines is 1. The highest BCUT2D eigenvalue weighted by Crippen LogP contribution is 2.49. The van der Waals surface area contributed by atoms with Gasteiger partial charge >= 0.3 is 0 Å². The molecule has 3 atom stereocenters. The molecular formula is C20H17N3O3. The number of hydrogen-bond acceptors (Lipinski definition) is 4. The second-order valence-electron chi connectivity index (χ2n) is 7.12. The first-order valence-electron chi connectivity index (χ1n) is 8.63. The Bertz CT molecular complexity index is 1110. The zero-order valence-corrected chi connectivity index (χ0v) is 14.2. The normalized spacial score (nSPS) is 26.7. The van der Waals surface area contributed by atoms with Crippen LogP contribution in [0.25, 0.3) is 10.9 Å². The fraction of sp³-hybridized carbons (Fsp3) is 0.250. The molecule has 5 rings (SSSR count). The lowest BCUT2D eigenvalue weighted by molar-refractivity contribution is -0.135. The first kappa shape index (κ1) is 15.1. The van der Waals surface area contributed by atoms with Crippen molar-refractivity contribution < 1.29 is 9.53 Å². The molecular weight excluding hydrogens is 330 g/mol. The van der Waals surface area contributed by atoms with Crippen LogP contribution in [0.15, 0.2) is 53.3 Å². The van der Waals surface area contributed by atoms with E-state index in [4.69, 9.17) is 4.74 Å². The fourth-order valence-corrected chi connectivity index (χ4v) is 4.16. The van der Waals surface area contributed by atoms with Crippen LogP contribution < -0.4 is 15.6 Å². The minimum absolute atomic E-state index is 0.108. The SMILES string of the molecule is C[C@@]12C[C@@H](c3ccccc3O1)[C@H](c1nc3ccccc3c(=O)[nH]1)C(=O)N2. The smallest absolute Gasteiger partial charge is 0.258 e. The van der Waals surface area contributed by atoms with Crippen molar-refractivity contribution in [3.05, 3.63) is 70.3 Å². The molecule has 0 radical (unpaired) electrons. The third-order valence-corrected chi connectivity index (χ3v) is 5.26. The summed E-state index contributed by atoms with van der Waals surface area (Å²) >= 11 is 0. The summed E-state index contributed by atoms with van der Waals surface area (Å²) in [6.45, 7) is 1.88. The Kier molecular flexibility index (Phi) is 3.01. The highest BCUT2D eigenvalue weighted by Gasteiger charge is 2.50. The van der Waals surface area contributed by atoms with Crippen LogP contribution in [0, 0.1) is 0 Å². The summed E-state index contributed by atoms with van der Waals surface area (Å²) in [5, 5.41) is 3.48. The zero-order valence-electron chi connectivity index (χ0n) is 14.2. The van der Waals surface area contributed by atoms with Gasteiger partial charge in [-0.05, 0) is 30.7 Å². The predicted molar refractivity (Wildman–Crippen MR) is 96.1 cm³/mol. The van der Waals surface area contributed by atoms with Gasteiger partial charge in [-0.1, -0.05) is 30.3 Å². The van der Waals surface area contributed by atoms with Gasteiger partial charge in [0.1, 0.15) is 17.5 Å². The number of hydrogen-bond donors (Lipinski definition) is 2. The average molecular weight is 347 g/mol. The minimum atomic E-state index is -0.746. The van der Waals surface area contributed by atoms with E-state index in [1.54, 1.807) is 18.2 Å². The van der Waals surface area contributed by atoms with Gasteiger partial charge in [0, 0.05) is 12.3 Å². The summed E-state index contributed by atoms with van der Waals surface area (Å²) in [5.74, 6) is 0.305. The molecule has 2 bridgehead atoms. The van der Waals surface area contributed by atoms with Crippen molar-refractivity contribution in [2.24, 2.45) is 0 Å². The summed E-state index contributed by atoms with van der Waals surface area (Å²) < 4.78 is 6.01. The third kappa shape index (κ3) is 2.15. The van der Waals surface area contributed by atoms with Crippen molar-refractivity contribution in [2.75, 3.05) is 0 Å². The number of ether oxygens (including phenoxy) is 1. The number of piperidine rings is 1. The van der Waals surface area contributed by atoms with E-state index in [1.165, 1.54) is 0 Å². The van der Waals surface area contributed by atoms with E-state index in [0.717, 1.165) is 11.3 Å². The highest BCUT2D eigenvalue weighted by atomic mass is 16.5.